The summed E-state index contributed by atoms with van der Waals surface area (Å²) < 4.78 is 0. The highest BCUT2D eigenvalue weighted by Gasteiger charge is 2.40. The molecule has 358 valence electrons. The number of hydrogen-bond acceptors (Lipinski definition) is 14. The summed E-state index contributed by atoms with van der Waals surface area (Å²) in [6, 6.07) is 7.47. The van der Waals surface area contributed by atoms with Crippen LogP contribution in [0, 0.1) is 11.8 Å². The first-order valence-electron chi connectivity index (χ1n) is 20.9. The van der Waals surface area contributed by atoms with Gasteiger partial charge in [0.25, 0.3) is 5.78 Å². The van der Waals surface area contributed by atoms with Gasteiger partial charge in [-0.15, -0.1) is 5.48 Å². The minimum absolute atomic E-state index is 0.0173. The normalized spacial score (nSPS) is 14.9. The summed E-state index contributed by atoms with van der Waals surface area (Å²) in [6.45, 7) is 0. The largest absolute Gasteiger partial charge is 0.481 e. The molecule has 2 aromatic carbocycles. The topological polar surface area (TPSA) is 358 Å². The van der Waals surface area contributed by atoms with Gasteiger partial charge in [0.2, 0.25) is 23.6 Å². The molecule has 0 radical (unpaired) electrons. The van der Waals surface area contributed by atoms with Crippen molar-refractivity contribution in [3.05, 3.63) is 71.8 Å². The Balaban J connectivity index is 2.11. The molecule has 5 atom stereocenters. The highest BCUT2D eigenvalue weighted by atomic mass is 32.1. The van der Waals surface area contributed by atoms with Gasteiger partial charge in [0.15, 0.2) is 5.92 Å². The first-order chi connectivity index (χ1) is 31.3. The lowest BCUT2D eigenvalue weighted by molar-refractivity contribution is -0.159. The van der Waals surface area contributed by atoms with Crippen LogP contribution in [0.15, 0.2) is 60.7 Å². The maximum atomic E-state index is 14.8. The van der Waals surface area contributed by atoms with Gasteiger partial charge in [-0.25, -0.2) is 4.79 Å². The van der Waals surface area contributed by atoms with E-state index in [0.717, 1.165) is 19.3 Å². The monoisotopic (exact) mass is 943 g/mol. The number of nitrogens with one attached hydrogen (secondary N) is 5. The zero-order chi connectivity index (χ0) is 48.9. The van der Waals surface area contributed by atoms with Gasteiger partial charge in [-0.3, -0.25) is 47.9 Å². The second kappa shape index (κ2) is 26.8. The summed E-state index contributed by atoms with van der Waals surface area (Å²) >= 11 is 3.99. The molecule has 22 nitrogen and oxygen atoms in total. The lowest BCUT2D eigenvalue weighted by Gasteiger charge is -2.32. The number of carbonyl (C=O) groups is 11. The van der Waals surface area contributed by atoms with Crippen molar-refractivity contribution in [2.75, 3.05) is 5.75 Å². The summed E-state index contributed by atoms with van der Waals surface area (Å²) in [5.74, 6) is -19.4. The van der Waals surface area contributed by atoms with Crippen LogP contribution < -0.4 is 26.7 Å². The van der Waals surface area contributed by atoms with Crippen LogP contribution in [0.2, 0.25) is 0 Å². The fraction of sp³-hybridized carbons (Fsp3) is 0.465. The van der Waals surface area contributed by atoms with Gasteiger partial charge >= 0.3 is 35.8 Å². The van der Waals surface area contributed by atoms with Gasteiger partial charge in [0.05, 0.1) is 12.8 Å². The fourth-order valence-corrected chi connectivity index (χ4v) is 7.53. The van der Waals surface area contributed by atoms with E-state index < -0.39 is 145 Å². The fourth-order valence-electron chi connectivity index (χ4n) is 7.27. The Bertz CT molecular complexity index is 2010. The molecule has 66 heavy (non-hydrogen) atoms. The van der Waals surface area contributed by atoms with Crippen molar-refractivity contribution in [2.24, 2.45) is 11.8 Å². The third-order valence-corrected chi connectivity index (χ3v) is 11.1. The quantitative estimate of drug-likeness (QED) is 0.0241. The Hall–Kier alpha value is -6.88. The number of carbonyl (C=O) groups excluding carboxylic acids is 6. The van der Waals surface area contributed by atoms with E-state index in [1.807, 2.05) is 5.48 Å². The van der Waals surface area contributed by atoms with Crippen molar-refractivity contribution in [3.8, 4) is 0 Å². The molecule has 0 heterocycles. The number of rotatable bonds is 28. The SMILES string of the molecule is O=C(O)CCC(=O)ON[C@H](CC(C(=O)O)C(=O)O)C(=O)N[C@H](C(=O)N[C@@H](CCC(=O)O)C(=O)N[C@@H](CC1CCCCC1)C(=O)N[C@@H](CS)C(=O)C(=O)O)C(c1ccccc1)c1ccccc1. The zero-order valence-corrected chi connectivity index (χ0v) is 36.4. The van der Waals surface area contributed by atoms with Gasteiger partial charge in [-0.1, -0.05) is 92.8 Å². The van der Waals surface area contributed by atoms with Crippen LogP contribution in [0.5, 0.6) is 0 Å². The second-order valence-electron chi connectivity index (χ2n) is 15.5. The Kier molecular flexibility index (Phi) is 21.7. The number of Topliss-reactive ketones (excluding diaryl/α,β-unsaturated/α-hetero) is 1. The molecule has 1 aliphatic rings. The van der Waals surface area contributed by atoms with Gasteiger partial charge in [0.1, 0.15) is 30.2 Å². The third-order valence-electron chi connectivity index (χ3n) is 10.7. The number of hydroxylamine groups is 1. The third kappa shape index (κ3) is 17.3. The van der Waals surface area contributed by atoms with Crippen LogP contribution in [0.25, 0.3) is 0 Å². The summed E-state index contributed by atoms with van der Waals surface area (Å²) in [6.07, 6.45) is 0.110. The lowest BCUT2D eigenvalue weighted by atomic mass is 9.84. The van der Waals surface area contributed by atoms with Crippen LogP contribution in [0.4, 0.5) is 0 Å². The molecule has 23 heteroatoms. The van der Waals surface area contributed by atoms with E-state index in [9.17, 15) is 73.2 Å². The first-order valence-corrected chi connectivity index (χ1v) is 21.5. The summed E-state index contributed by atoms with van der Waals surface area (Å²) in [5, 5.41) is 57.0. The standard InChI is InChI=1S/C43H53N5O17S/c49-31(50)17-16-27(37(55)45-28(20-23-10-4-1-5-11-23)38(56)46-30(22-66)36(54)43(63)64)44-40(58)35(34(24-12-6-2-7-13-24)25-14-8-3-9-15-25)47-39(57)29(21-26(41(59)60)42(61)62)48-65-33(53)19-18-32(51)52/h2-3,6-9,12-15,23,26-30,34-35,48,66H,1,4-5,10-11,16-22H2,(H,44,58)(H,45,55)(H,46,56)(H,47,57)(H,49,50)(H,51,52)(H,59,60)(H,61,62)(H,63,64)/t27-,28-,29+,30-,35-/m0/s1. The summed E-state index contributed by atoms with van der Waals surface area (Å²) in [5.41, 5.74) is 2.76. The molecule has 1 aliphatic carbocycles. The van der Waals surface area contributed by atoms with E-state index in [0.29, 0.717) is 24.0 Å². The van der Waals surface area contributed by atoms with Crippen LogP contribution in [0.3, 0.4) is 0 Å². The van der Waals surface area contributed by atoms with Crippen LogP contribution in [-0.4, -0.2) is 127 Å². The second-order valence-corrected chi connectivity index (χ2v) is 15.9. The van der Waals surface area contributed by atoms with Crippen LogP contribution in [0.1, 0.15) is 87.7 Å². The molecule has 0 spiro atoms. The number of aliphatic carboxylic acids is 5. The van der Waals surface area contributed by atoms with Gasteiger partial charge in [0, 0.05) is 18.1 Å². The molecule has 1 saturated carbocycles. The molecular weight excluding hydrogens is 891 g/mol. The van der Waals surface area contributed by atoms with Crippen molar-refractivity contribution in [1.82, 2.24) is 26.7 Å². The van der Waals surface area contributed by atoms with Gasteiger partial charge in [-0.2, -0.15) is 12.6 Å². The number of benzene rings is 2. The predicted molar refractivity (Wildman–Crippen MR) is 230 cm³/mol. The van der Waals surface area contributed by atoms with Gasteiger partial charge in [-0.05, 0) is 36.3 Å². The average Bonchev–Trinajstić information content (AvgIpc) is 3.28. The molecule has 2 aromatic rings. The minimum atomic E-state index is -2.29. The zero-order valence-electron chi connectivity index (χ0n) is 35.5. The van der Waals surface area contributed by atoms with Crippen LogP contribution >= 0.6 is 12.6 Å². The highest BCUT2D eigenvalue weighted by molar-refractivity contribution is 7.80. The van der Waals surface area contributed by atoms with Crippen molar-refractivity contribution in [2.45, 2.75) is 107 Å². The van der Waals surface area contributed by atoms with Crippen LogP contribution in [-0.2, 0) is 57.6 Å². The molecule has 3 rings (SSSR count). The summed E-state index contributed by atoms with van der Waals surface area (Å²) in [7, 11) is 0. The maximum absolute atomic E-state index is 14.8. The number of ketones is 1. The number of thiol groups is 1. The molecule has 0 aliphatic heterocycles. The Labute approximate surface area is 383 Å². The van der Waals surface area contributed by atoms with Crippen molar-refractivity contribution < 1.29 is 83.1 Å². The number of amides is 4. The predicted octanol–water partition coefficient (Wildman–Crippen LogP) is 0.633. The average molecular weight is 944 g/mol. The van der Waals surface area contributed by atoms with E-state index in [1.54, 1.807) is 60.7 Å². The van der Waals surface area contributed by atoms with E-state index in [4.69, 9.17) is 9.94 Å². The molecule has 4 amide bonds. The Morgan fingerprint density at radius 1 is 0.591 bits per heavy atom. The molecule has 0 aromatic heterocycles. The number of hydrogen-bond donors (Lipinski definition) is 11. The first kappa shape index (κ1) is 53.5. The molecule has 0 bridgehead atoms. The lowest BCUT2D eigenvalue weighted by Crippen LogP contribution is -2.60. The summed E-state index contributed by atoms with van der Waals surface area (Å²) in [4.78, 5) is 145. The highest BCUT2D eigenvalue weighted by Crippen LogP contribution is 2.30. The number of carboxylic acid groups (broad SMARTS) is 5. The number of carboxylic acids is 5. The van der Waals surface area contributed by atoms with Crippen molar-refractivity contribution in [3.63, 3.8) is 0 Å². The van der Waals surface area contributed by atoms with E-state index in [-0.39, 0.29) is 12.3 Å². The van der Waals surface area contributed by atoms with Gasteiger partial charge < -0.3 is 51.6 Å². The Morgan fingerprint density at radius 3 is 1.59 bits per heavy atom. The van der Waals surface area contributed by atoms with E-state index >= 15 is 0 Å². The molecule has 0 unspecified atom stereocenters. The van der Waals surface area contributed by atoms with Crippen molar-refractivity contribution >= 4 is 77.9 Å². The molecule has 0 saturated heterocycles. The Morgan fingerprint density at radius 2 is 1.09 bits per heavy atom. The van der Waals surface area contributed by atoms with E-state index in [1.165, 1.54) is 0 Å². The van der Waals surface area contributed by atoms with Crippen molar-refractivity contribution in [1.29, 1.82) is 0 Å². The smallest absolute Gasteiger partial charge is 0.374 e. The molecule has 1 fully saturated rings. The molecule has 10 N–H and O–H groups in total. The van der Waals surface area contributed by atoms with E-state index in [2.05, 4.69) is 33.9 Å². The minimum Gasteiger partial charge on any atom is -0.481 e. The molecular formula is C43H53N5O17S. The maximum Gasteiger partial charge on any atom is 0.374 e.